The Morgan fingerprint density at radius 3 is 2.13 bits per heavy atom. The molecule has 1 aliphatic rings. The van der Waals surface area contributed by atoms with E-state index >= 15 is 0 Å². The number of para-hydroxylation sites is 2. The lowest BCUT2D eigenvalue weighted by molar-refractivity contribution is -0.383. The highest BCUT2D eigenvalue weighted by molar-refractivity contribution is 6.04. The van der Waals surface area contributed by atoms with Crippen molar-refractivity contribution in [3.63, 3.8) is 0 Å². The van der Waals surface area contributed by atoms with E-state index in [-0.39, 0.29) is 11.3 Å². The van der Waals surface area contributed by atoms with Crippen LogP contribution in [0.2, 0.25) is 0 Å². The maximum absolute atomic E-state index is 13.2. The van der Waals surface area contributed by atoms with Gasteiger partial charge in [-0.25, -0.2) is 4.79 Å². The number of carbonyl (C=O) groups excluding carboxylic acids is 2. The number of aryl methyl sites for hydroxylation is 2. The number of carbonyl (C=O) groups is 2. The molecule has 0 fully saturated rings. The zero-order valence-corrected chi connectivity index (χ0v) is 16.5. The number of hydrogen-bond acceptors (Lipinski definition) is 6. The molecule has 1 heterocycles. The Bertz CT molecular complexity index is 1140. The van der Waals surface area contributed by atoms with Crippen molar-refractivity contribution >= 4 is 34.6 Å². The van der Waals surface area contributed by atoms with E-state index < -0.39 is 29.1 Å². The molecule has 4 rings (SSSR count). The van der Waals surface area contributed by atoms with Crippen LogP contribution in [0.4, 0.5) is 22.7 Å². The smallest absolute Gasteiger partial charge is 0.338 e. The van der Waals surface area contributed by atoms with E-state index in [0.29, 0.717) is 0 Å². The standard InChI is InChI=1S/C23H19N3O5/c24-18-12-11-17(13-21(18)26(29)30)23(28)31-14-22(27)25-19-7-3-1-5-15(19)9-10-16-6-2-4-8-20(16)25/h1-8,11-13H,9-10,14,24H2. The molecular formula is C23H19N3O5. The zero-order valence-electron chi connectivity index (χ0n) is 16.5. The third kappa shape index (κ3) is 3.95. The van der Waals surface area contributed by atoms with Crippen molar-refractivity contribution in [3.05, 3.63) is 93.5 Å². The molecule has 8 heteroatoms. The Labute approximate surface area is 178 Å². The minimum atomic E-state index is -0.840. The van der Waals surface area contributed by atoms with E-state index in [0.717, 1.165) is 41.4 Å². The summed E-state index contributed by atoms with van der Waals surface area (Å²) in [5.41, 5.74) is 8.59. The quantitative estimate of drug-likeness (QED) is 0.299. The van der Waals surface area contributed by atoms with Gasteiger partial charge in [0.15, 0.2) is 6.61 Å². The summed E-state index contributed by atoms with van der Waals surface area (Å²) in [5, 5.41) is 11.0. The van der Waals surface area contributed by atoms with E-state index in [1.807, 2.05) is 48.5 Å². The fourth-order valence-electron chi connectivity index (χ4n) is 3.65. The number of ether oxygens (including phenoxy) is 1. The largest absolute Gasteiger partial charge is 0.452 e. The molecule has 156 valence electrons. The van der Waals surface area contributed by atoms with E-state index in [2.05, 4.69) is 0 Å². The Morgan fingerprint density at radius 2 is 1.55 bits per heavy atom. The molecule has 1 aliphatic heterocycles. The third-order valence-corrected chi connectivity index (χ3v) is 5.17. The number of nitro benzene ring substituents is 1. The number of nitrogens with zero attached hydrogens (tertiary/aromatic N) is 2. The molecule has 0 aromatic heterocycles. The van der Waals surface area contributed by atoms with Crippen LogP contribution in [0.3, 0.4) is 0 Å². The van der Waals surface area contributed by atoms with Crippen molar-refractivity contribution in [1.29, 1.82) is 0 Å². The minimum absolute atomic E-state index is 0.0506. The third-order valence-electron chi connectivity index (χ3n) is 5.17. The first-order chi connectivity index (χ1) is 15.0. The number of rotatable bonds is 4. The van der Waals surface area contributed by atoms with Crippen LogP contribution in [-0.2, 0) is 22.4 Å². The number of anilines is 3. The Morgan fingerprint density at radius 1 is 0.968 bits per heavy atom. The molecule has 0 spiro atoms. The van der Waals surface area contributed by atoms with Crippen LogP contribution in [-0.4, -0.2) is 23.4 Å². The average Bonchev–Trinajstić information content (AvgIpc) is 2.94. The van der Waals surface area contributed by atoms with Crippen molar-refractivity contribution in [2.24, 2.45) is 0 Å². The highest BCUT2D eigenvalue weighted by Gasteiger charge is 2.26. The molecular weight excluding hydrogens is 398 g/mol. The van der Waals surface area contributed by atoms with Gasteiger partial charge in [0.2, 0.25) is 0 Å². The number of benzene rings is 3. The maximum atomic E-state index is 13.2. The van der Waals surface area contributed by atoms with Gasteiger partial charge in [-0.2, -0.15) is 0 Å². The second kappa shape index (κ2) is 8.27. The van der Waals surface area contributed by atoms with Gasteiger partial charge >= 0.3 is 5.97 Å². The minimum Gasteiger partial charge on any atom is -0.452 e. The molecule has 0 bridgehead atoms. The number of esters is 1. The van der Waals surface area contributed by atoms with Crippen molar-refractivity contribution in [3.8, 4) is 0 Å². The molecule has 0 saturated carbocycles. The van der Waals surface area contributed by atoms with Gasteiger partial charge in [-0.1, -0.05) is 36.4 Å². The van der Waals surface area contributed by atoms with Crippen molar-refractivity contribution in [2.45, 2.75) is 12.8 Å². The van der Waals surface area contributed by atoms with Gasteiger partial charge in [0, 0.05) is 6.07 Å². The lowest BCUT2D eigenvalue weighted by Crippen LogP contribution is -2.31. The monoisotopic (exact) mass is 417 g/mol. The molecule has 3 aromatic rings. The van der Waals surface area contributed by atoms with Gasteiger partial charge in [0.25, 0.3) is 11.6 Å². The predicted octanol–water partition coefficient (Wildman–Crippen LogP) is 3.80. The summed E-state index contributed by atoms with van der Waals surface area (Å²) in [5.74, 6) is -1.26. The fraction of sp³-hybridized carbons (Fsp3) is 0.130. The van der Waals surface area contributed by atoms with Crippen LogP contribution in [0.1, 0.15) is 21.5 Å². The normalized spacial score (nSPS) is 12.3. The number of nitro groups is 1. The summed E-state index contributed by atoms with van der Waals surface area (Å²) < 4.78 is 5.20. The molecule has 31 heavy (non-hydrogen) atoms. The summed E-state index contributed by atoms with van der Waals surface area (Å²) >= 11 is 0. The topological polar surface area (TPSA) is 116 Å². The van der Waals surface area contributed by atoms with Crippen molar-refractivity contribution < 1.29 is 19.2 Å². The van der Waals surface area contributed by atoms with Crippen LogP contribution < -0.4 is 10.6 Å². The fourth-order valence-corrected chi connectivity index (χ4v) is 3.65. The average molecular weight is 417 g/mol. The summed E-state index contributed by atoms with van der Waals surface area (Å²) in [6, 6.07) is 18.8. The summed E-state index contributed by atoms with van der Waals surface area (Å²) in [7, 11) is 0. The number of nitrogen functional groups attached to an aromatic ring is 1. The molecule has 0 atom stereocenters. The SMILES string of the molecule is Nc1ccc(C(=O)OCC(=O)N2c3ccccc3CCc3ccccc32)cc1[N+](=O)[O-]. The van der Waals surface area contributed by atoms with Crippen LogP contribution >= 0.6 is 0 Å². The van der Waals surface area contributed by atoms with Gasteiger partial charge in [-0.05, 0) is 48.2 Å². The van der Waals surface area contributed by atoms with Crippen LogP contribution in [0.15, 0.2) is 66.7 Å². The van der Waals surface area contributed by atoms with Gasteiger partial charge < -0.3 is 10.5 Å². The Hall–Kier alpha value is -4.20. The van der Waals surface area contributed by atoms with Crippen molar-refractivity contribution in [2.75, 3.05) is 17.2 Å². The number of amides is 1. The van der Waals surface area contributed by atoms with Gasteiger partial charge in [-0.3, -0.25) is 19.8 Å². The molecule has 8 nitrogen and oxygen atoms in total. The zero-order chi connectivity index (χ0) is 22.0. The van der Waals surface area contributed by atoms with E-state index in [4.69, 9.17) is 10.5 Å². The molecule has 2 N–H and O–H groups in total. The lowest BCUT2D eigenvalue weighted by Gasteiger charge is -2.24. The molecule has 0 unspecified atom stereocenters. The number of fused-ring (bicyclic) bond motifs is 2. The first kappa shape index (κ1) is 20.1. The first-order valence-corrected chi connectivity index (χ1v) is 9.65. The first-order valence-electron chi connectivity index (χ1n) is 9.65. The molecule has 0 aliphatic carbocycles. The second-order valence-corrected chi connectivity index (χ2v) is 7.09. The Balaban J connectivity index is 1.59. The molecule has 1 amide bonds. The number of nitrogens with two attached hydrogens (primary N) is 1. The van der Waals surface area contributed by atoms with Crippen molar-refractivity contribution in [1.82, 2.24) is 0 Å². The van der Waals surface area contributed by atoms with Crippen LogP contribution in [0.5, 0.6) is 0 Å². The summed E-state index contributed by atoms with van der Waals surface area (Å²) in [6.45, 7) is -0.514. The molecule has 0 radical (unpaired) electrons. The lowest BCUT2D eigenvalue weighted by atomic mass is 10.0. The van der Waals surface area contributed by atoms with Gasteiger partial charge in [0.05, 0.1) is 21.9 Å². The van der Waals surface area contributed by atoms with Crippen LogP contribution in [0, 0.1) is 10.1 Å². The van der Waals surface area contributed by atoms with E-state index in [1.54, 1.807) is 4.90 Å². The van der Waals surface area contributed by atoms with Gasteiger partial charge in [0.1, 0.15) is 5.69 Å². The second-order valence-electron chi connectivity index (χ2n) is 7.09. The Kier molecular flexibility index (Phi) is 5.36. The number of hydrogen-bond donors (Lipinski definition) is 1. The predicted molar refractivity (Wildman–Crippen MR) is 115 cm³/mol. The summed E-state index contributed by atoms with van der Waals surface area (Å²) in [6.07, 6.45) is 1.57. The van der Waals surface area contributed by atoms with Gasteiger partial charge in [-0.15, -0.1) is 0 Å². The summed E-state index contributed by atoms with van der Waals surface area (Å²) in [4.78, 5) is 37.5. The van der Waals surface area contributed by atoms with Crippen LogP contribution in [0.25, 0.3) is 0 Å². The highest BCUT2D eigenvalue weighted by atomic mass is 16.6. The molecule has 0 saturated heterocycles. The highest BCUT2D eigenvalue weighted by Crippen LogP contribution is 2.36. The molecule has 3 aromatic carbocycles. The van der Waals surface area contributed by atoms with E-state index in [1.165, 1.54) is 12.1 Å². The maximum Gasteiger partial charge on any atom is 0.338 e. The van der Waals surface area contributed by atoms with E-state index in [9.17, 15) is 19.7 Å².